The Morgan fingerprint density at radius 1 is 0.875 bits per heavy atom. The molecule has 0 radical (unpaired) electrons. The van der Waals surface area contributed by atoms with Gasteiger partial charge in [0.2, 0.25) is 5.91 Å². The number of benzene rings is 1. The van der Waals surface area contributed by atoms with Gasteiger partial charge in [-0.05, 0) is 30.7 Å². The molecule has 0 aliphatic heterocycles. The van der Waals surface area contributed by atoms with Gasteiger partial charge in [-0.25, -0.2) is 0 Å². The Bertz CT molecular complexity index is 759. The average molecular weight is 447 g/mol. The quantitative estimate of drug-likeness (QED) is 0.243. The lowest BCUT2D eigenvalue weighted by Gasteiger charge is -2.07. The van der Waals surface area contributed by atoms with E-state index in [2.05, 4.69) is 17.2 Å². The number of fused-ring (bicyclic) bond motifs is 1. The van der Waals surface area contributed by atoms with Crippen molar-refractivity contribution in [2.45, 2.75) is 77.6 Å². The predicted molar refractivity (Wildman–Crippen MR) is 132 cm³/mol. The van der Waals surface area contributed by atoms with Crippen LogP contribution in [0.3, 0.4) is 0 Å². The molecule has 6 heteroatoms. The fraction of sp³-hybridized carbons (Fsp3) is 0.654. The number of hydrogen-bond donors (Lipinski definition) is 2. The molecular weight excluding hydrogens is 404 g/mol. The summed E-state index contributed by atoms with van der Waals surface area (Å²) in [6, 6.07) is 7.81. The van der Waals surface area contributed by atoms with Gasteiger partial charge in [-0.15, -0.1) is 0 Å². The number of hydrogen-bond acceptors (Lipinski definition) is 4. The highest BCUT2D eigenvalue weighted by Gasteiger charge is 2.07. The largest absolute Gasteiger partial charge is 0.491 e. The van der Waals surface area contributed by atoms with Gasteiger partial charge < -0.3 is 24.5 Å². The van der Waals surface area contributed by atoms with Crippen molar-refractivity contribution in [3.8, 4) is 5.75 Å². The second-order valence-electron chi connectivity index (χ2n) is 8.37. The van der Waals surface area contributed by atoms with Crippen LogP contribution in [-0.2, 0) is 14.3 Å². The fourth-order valence-corrected chi connectivity index (χ4v) is 3.72. The minimum atomic E-state index is 0.0702. The molecule has 2 rings (SSSR count). The zero-order valence-electron chi connectivity index (χ0n) is 20.0. The summed E-state index contributed by atoms with van der Waals surface area (Å²) in [5.41, 5.74) is 0.975. The lowest BCUT2D eigenvalue weighted by Crippen LogP contribution is -2.11. The first-order chi connectivity index (χ1) is 15.7. The SMILES string of the molecule is CCCCCCCCCCCCC(=O)Nc1cc2cc(OCCOCCOC)ccc2[nH]1. The summed E-state index contributed by atoms with van der Waals surface area (Å²) in [6.07, 6.45) is 13.3. The molecule has 0 bridgehead atoms. The van der Waals surface area contributed by atoms with E-state index in [1.54, 1.807) is 7.11 Å². The van der Waals surface area contributed by atoms with Crippen molar-refractivity contribution in [3.05, 3.63) is 24.3 Å². The summed E-state index contributed by atoms with van der Waals surface area (Å²) in [7, 11) is 1.65. The zero-order valence-corrected chi connectivity index (χ0v) is 20.0. The average Bonchev–Trinajstić information content (AvgIpc) is 3.18. The maximum atomic E-state index is 12.3. The van der Waals surface area contributed by atoms with Crippen LogP contribution in [0.4, 0.5) is 5.82 Å². The number of rotatable bonds is 19. The highest BCUT2D eigenvalue weighted by molar-refractivity contribution is 5.94. The molecule has 0 aliphatic rings. The molecule has 1 heterocycles. The second-order valence-corrected chi connectivity index (χ2v) is 8.37. The Morgan fingerprint density at radius 2 is 1.56 bits per heavy atom. The van der Waals surface area contributed by atoms with Crippen molar-refractivity contribution in [1.82, 2.24) is 4.98 Å². The maximum Gasteiger partial charge on any atom is 0.225 e. The number of ether oxygens (including phenoxy) is 3. The number of anilines is 1. The van der Waals surface area contributed by atoms with Crippen LogP contribution in [0, 0.1) is 0 Å². The summed E-state index contributed by atoms with van der Waals surface area (Å²) in [4.78, 5) is 15.5. The predicted octanol–water partition coefficient (Wildman–Crippen LogP) is 6.46. The first kappa shape index (κ1) is 26.2. The molecule has 180 valence electrons. The first-order valence-corrected chi connectivity index (χ1v) is 12.3. The van der Waals surface area contributed by atoms with Gasteiger partial charge in [-0.2, -0.15) is 0 Å². The molecule has 0 saturated heterocycles. The minimum Gasteiger partial charge on any atom is -0.491 e. The Hall–Kier alpha value is -2.05. The monoisotopic (exact) mass is 446 g/mol. The van der Waals surface area contributed by atoms with Crippen molar-refractivity contribution in [2.24, 2.45) is 0 Å². The summed E-state index contributed by atoms with van der Waals surface area (Å²) in [5, 5.41) is 4.00. The third-order valence-electron chi connectivity index (χ3n) is 5.55. The number of aromatic amines is 1. The number of unbranched alkanes of at least 4 members (excludes halogenated alkanes) is 9. The van der Waals surface area contributed by atoms with Gasteiger partial charge in [0.05, 0.1) is 19.8 Å². The molecule has 6 nitrogen and oxygen atoms in total. The Morgan fingerprint density at radius 3 is 2.28 bits per heavy atom. The number of nitrogens with one attached hydrogen (secondary N) is 2. The highest BCUT2D eigenvalue weighted by atomic mass is 16.5. The van der Waals surface area contributed by atoms with E-state index in [4.69, 9.17) is 14.2 Å². The molecule has 2 aromatic rings. The van der Waals surface area contributed by atoms with E-state index in [1.807, 2.05) is 24.3 Å². The van der Waals surface area contributed by atoms with E-state index in [0.717, 1.165) is 35.3 Å². The summed E-state index contributed by atoms with van der Waals surface area (Å²) < 4.78 is 16.1. The fourth-order valence-electron chi connectivity index (χ4n) is 3.72. The van der Waals surface area contributed by atoms with Crippen LogP contribution >= 0.6 is 0 Å². The van der Waals surface area contributed by atoms with E-state index in [9.17, 15) is 4.79 Å². The standard InChI is InChI=1S/C26H42N2O4/c1-3-4-5-6-7-8-9-10-11-12-13-26(29)28-25-21-22-20-23(14-15-24(22)27-25)32-19-18-31-17-16-30-2/h14-15,20-21,27H,3-13,16-19H2,1-2H3,(H,28,29). The Kier molecular flexibility index (Phi) is 13.6. The molecule has 0 atom stereocenters. The van der Waals surface area contributed by atoms with Crippen LogP contribution in [0.1, 0.15) is 77.6 Å². The highest BCUT2D eigenvalue weighted by Crippen LogP contribution is 2.24. The maximum absolute atomic E-state index is 12.3. The number of carbonyl (C=O) groups is 1. The van der Waals surface area contributed by atoms with E-state index >= 15 is 0 Å². The summed E-state index contributed by atoms with van der Waals surface area (Å²) in [6.45, 7) is 4.42. The van der Waals surface area contributed by atoms with Crippen molar-refractivity contribution < 1.29 is 19.0 Å². The molecule has 0 saturated carbocycles. The van der Waals surface area contributed by atoms with Gasteiger partial charge in [0.1, 0.15) is 18.2 Å². The number of H-pyrrole nitrogens is 1. The van der Waals surface area contributed by atoms with Crippen LogP contribution in [0.5, 0.6) is 5.75 Å². The van der Waals surface area contributed by atoms with E-state index in [-0.39, 0.29) is 5.91 Å². The number of aromatic nitrogens is 1. The molecule has 0 spiro atoms. The number of carbonyl (C=O) groups excluding carboxylic acids is 1. The third kappa shape index (κ3) is 11.0. The molecule has 32 heavy (non-hydrogen) atoms. The molecule has 1 aromatic heterocycles. The lowest BCUT2D eigenvalue weighted by molar-refractivity contribution is -0.116. The topological polar surface area (TPSA) is 72.6 Å². The minimum absolute atomic E-state index is 0.0702. The zero-order chi connectivity index (χ0) is 22.9. The summed E-state index contributed by atoms with van der Waals surface area (Å²) in [5.74, 6) is 1.59. The summed E-state index contributed by atoms with van der Waals surface area (Å²) >= 11 is 0. The van der Waals surface area contributed by atoms with Crippen LogP contribution < -0.4 is 10.1 Å². The first-order valence-electron chi connectivity index (χ1n) is 12.3. The van der Waals surface area contributed by atoms with Gasteiger partial charge in [0.15, 0.2) is 0 Å². The lowest BCUT2D eigenvalue weighted by atomic mass is 10.1. The van der Waals surface area contributed by atoms with Gasteiger partial charge >= 0.3 is 0 Å². The van der Waals surface area contributed by atoms with Crippen LogP contribution in [0.15, 0.2) is 24.3 Å². The molecule has 2 N–H and O–H groups in total. The normalized spacial score (nSPS) is 11.2. The molecule has 0 fully saturated rings. The number of amides is 1. The molecule has 0 aliphatic carbocycles. The van der Waals surface area contributed by atoms with Crippen molar-refractivity contribution in [1.29, 1.82) is 0 Å². The van der Waals surface area contributed by atoms with Crippen LogP contribution in [0.25, 0.3) is 10.9 Å². The van der Waals surface area contributed by atoms with Crippen molar-refractivity contribution >= 4 is 22.6 Å². The van der Waals surface area contributed by atoms with E-state index in [0.29, 0.717) is 32.8 Å². The Labute approximate surface area is 193 Å². The van der Waals surface area contributed by atoms with E-state index in [1.165, 1.54) is 51.4 Å². The van der Waals surface area contributed by atoms with Gasteiger partial charge in [0, 0.05) is 24.4 Å². The van der Waals surface area contributed by atoms with Crippen molar-refractivity contribution in [3.63, 3.8) is 0 Å². The third-order valence-corrected chi connectivity index (χ3v) is 5.55. The van der Waals surface area contributed by atoms with Crippen LogP contribution in [0.2, 0.25) is 0 Å². The number of methoxy groups -OCH3 is 1. The Balaban J connectivity index is 1.60. The smallest absolute Gasteiger partial charge is 0.225 e. The van der Waals surface area contributed by atoms with E-state index < -0.39 is 0 Å². The van der Waals surface area contributed by atoms with Gasteiger partial charge in [-0.3, -0.25) is 4.79 Å². The molecule has 0 unspecified atom stereocenters. The second kappa shape index (κ2) is 16.6. The van der Waals surface area contributed by atoms with Crippen molar-refractivity contribution in [2.75, 3.05) is 38.9 Å². The molecular formula is C26H42N2O4. The van der Waals surface area contributed by atoms with Gasteiger partial charge in [0.25, 0.3) is 0 Å². The van der Waals surface area contributed by atoms with Gasteiger partial charge in [-0.1, -0.05) is 64.7 Å². The van der Waals surface area contributed by atoms with Crippen LogP contribution in [-0.4, -0.2) is 44.4 Å². The molecule has 1 aromatic carbocycles. The molecule has 1 amide bonds.